The molecule has 1 fully saturated rings. The average molecular weight is 483 g/mol. The number of furan rings is 1. The van der Waals surface area contributed by atoms with Crippen LogP contribution in [-0.2, 0) is 5.41 Å². The first-order chi connectivity index (χ1) is 14.7. The van der Waals surface area contributed by atoms with Crippen molar-refractivity contribution >= 4 is 32.8 Å². The van der Waals surface area contributed by atoms with Crippen LogP contribution in [-0.4, -0.2) is 30.4 Å². The summed E-state index contributed by atoms with van der Waals surface area (Å²) < 4.78 is 6.86. The third-order valence-corrected chi connectivity index (χ3v) is 6.80. The molecule has 2 aromatic carbocycles. The van der Waals surface area contributed by atoms with Crippen molar-refractivity contribution in [3.05, 3.63) is 69.4 Å². The van der Waals surface area contributed by atoms with Gasteiger partial charge in [-0.2, -0.15) is 0 Å². The van der Waals surface area contributed by atoms with E-state index in [-0.39, 0.29) is 17.4 Å². The number of nitrogens with one attached hydrogen (secondary N) is 1. The van der Waals surface area contributed by atoms with Gasteiger partial charge in [-0.05, 0) is 67.6 Å². The van der Waals surface area contributed by atoms with Crippen molar-refractivity contribution in [2.24, 2.45) is 0 Å². The summed E-state index contributed by atoms with van der Waals surface area (Å²) in [6.07, 6.45) is 2.42. The molecular formula is C26H31BrN2O2. The molecule has 0 aliphatic carbocycles. The van der Waals surface area contributed by atoms with Crippen molar-refractivity contribution in [2.75, 3.05) is 19.6 Å². The number of rotatable bonds is 5. The highest BCUT2D eigenvalue weighted by atomic mass is 79.9. The van der Waals surface area contributed by atoms with Crippen molar-refractivity contribution in [1.82, 2.24) is 10.2 Å². The first-order valence-electron chi connectivity index (χ1n) is 11.1. The topological polar surface area (TPSA) is 45.5 Å². The van der Waals surface area contributed by atoms with E-state index >= 15 is 0 Å². The molecule has 31 heavy (non-hydrogen) atoms. The lowest BCUT2D eigenvalue weighted by molar-refractivity contribution is 0.0911. The largest absolute Gasteiger partial charge is 0.451 e. The molecule has 1 aliphatic heterocycles. The van der Waals surface area contributed by atoms with Crippen molar-refractivity contribution in [1.29, 1.82) is 0 Å². The lowest BCUT2D eigenvalue weighted by atomic mass is 9.86. The fraction of sp³-hybridized carbons (Fsp3) is 0.423. The van der Waals surface area contributed by atoms with Crippen LogP contribution in [0.1, 0.15) is 66.9 Å². The summed E-state index contributed by atoms with van der Waals surface area (Å²) in [4.78, 5) is 15.5. The summed E-state index contributed by atoms with van der Waals surface area (Å²) in [5, 5.41) is 4.12. The molecular weight excluding hydrogens is 452 g/mol. The number of halogens is 1. The molecule has 5 heteroatoms. The minimum Gasteiger partial charge on any atom is -0.451 e. The summed E-state index contributed by atoms with van der Waals surface area (Å²) in [6.45, 7) is 11.3. The summed E-state index contributed by atoms with van der Waals surface area (Å²) in [7, 11) is 0. The van der Waals surface area contributed by atoms with E-state index in [2.05, 4.69) is 71.2 Å². The van der Waals surface area contributed by atoms with E-state index in [4.69, 9.17) is 4.42 Å². The molecule has 0 spiro atoms. The second kappa shape index (κ2) is 8.79. The number of hydrogen-bond acceptors (Lipinski definition) is 3. The van der Waals surface area contributed by atoms with E-state index in [9.17, 15) is 4.79 Å². The molecule has 0 radical (unpaired) electrons. The number of likely N-dealkylation sites (tertiary alicyclic amines) is 1. The van der Waals surface area contributed by atoms with Gasteiger partial charge in [-0.25, -0.2) is 0 Å². The third kappa shape index (κ3) is 4.73. The molecule has 1 saturated heterocycles. The zero-order chi connectivity index (χ0) is 22.2. The Morgan fingerprint density at radius 1 is 1.13 bits per heavy atom. The maximum Gasteiger partial charge on any atom is 0.287 e. The van der Waals surface area contributed by atoms with Crippen LogP contribution in [0.25, 0.3) is 11.0 Å². The van der Waals surface area contributed by atoms with E-state index < -0.39 is 0 Å². The molecule has 1 unspecified atom stereocenters. The molecule has 4 rings (SSSR count). The number of fused-ring (bicyclic) bond motifs is 1. The first kappa shape index (κ1) is 22.1. The predicted octanol–water partition coefficient (Wildman–Crippen LogP) is 6.37. The maximum absolute atomic E-state index is 13.0. The van der Waals surface area contributed by atoms with Crippen molar-refractivity contribution < 1.29 is 9.21 Å². The monoisotopic (exact) mass is 482 g/mol. The molecule has 3 aromatic rings. The number of hydrogen-bond donors (Lipinski definition) is 1. The molecule has 1 amide bonds. The second-order valence-electron chi connectivity index (χ2n) is 9.54. The molecule has 0 saturated carbocycles. The zero-order valence-electron chi connectivity index (χ0n) is 18.8. The Morgan fingerprint density at radius 2 is 1.81 bits per heavy atom. The van der Waals surface area contributed by atoms with Crippen LogP contribution < -0.4 is 5.32 Å². The van der Waals surface area contributed by atoms with E-state index in [1.807, 2.05) is 25.1 Å². The molecule has 164 valence electrons. The lowest BCUT2D eigenvalue weighted by Gasteiger charge is -2.29. The number of carbonyl (C=O) groups is 1. The van der Waals surface area contributed by atoms with Crippen molar-refractivity contribution in [3.8, 4) is 0 Å². The summed E-state index contributed by atoms with van der Waals surface area (Å²) in [6, 6.07) is 14.9. The summed E-state index contributed by atoms with van der Waals surface area (Å²) >= 11 is 3.50. The van der Waals surface area contributed by atoms with Gasteiger partial charge in [-0.15, -0.1) is 0 Å². The molecule has 2 heterocycles. The van der Waals surface area contributed by atoms with Crippen LogP contribution in [0.4, 0.5) is 0 Å². The van der Waals surface area contributed by atoms with Crippen LogP contribution in [0, 0.1) is 6.92 Å². The van der Waals surface area contributed by atoms with E-state index in [1.54, 1.807) is 0 Å². The molecule has 1 atom stereocenters. The highest BCUT2D eigenvalue weighted by Gasteiger charge is 2.26. The van der Waals surface area contributed by atoms with Gasteiger partial charge in [0.2, 0.25) is 0 Å². The van der Waals surface area contributed by atoms with Crippen molar-refractivity contribution in [2.45, 2.75) is 52.0 Å². The fourth-order valence-electron chi connectivity index (χ4n) is 4.40. The van der Waals surface area contributed by atoms with Gasteiger partial charge in [0.1, 0.15) is 5.58 Å². The Labute approximate surface area is 193 Å². The molecule has 1 aliphatic rings. The first-order valence-corrected chi connectivity index (χ1v) is 11.8. The number of aryl methyl sites for hydroxylation is 1. The van der Waals surface area contributed by atoms with Crippen LogP contribution in [0.2, 0.25) is 0 Å². The Hall–Kier alpha value is -2.11. The normalized spacial score (nSPS) is 16.0. The van der Waals surface area contributed by atoms with Gasteiger partial charge in [0.05, 0.1) is 6.04 Å². The third-order valence-electron chi connectivity index (χ3n) is 6.30. The van der Waals surface area contributed by atoms with E-state index in [0.717, 1.165) is 34.1 Å². The highest BCUT2D eigenvalue weighted by Crippen LogP contribution is 2.30. The Morgan fingerprint density at radius 3 is 2.45 bits per heavy atom. The van der Waals surface area contributed by atoms with Crippen LogP contribution in [0.15, 0.2) is 51.4 Å². The Kier molecular flexibility index (Phi) is 6.27. The molecule has 1 aromatic heterocycles. The van der Waals surface area contributed by atoms with Gasteiger partial charge in [-0.3, -0.25) is 9.69 Å². The van der Waals surface area contributed by atoms with Gasteiger partial charge >= 0.3 is 0 Å². The smallest absolute Gasteiger partial charge is 0.287 e. The average Bonchev–Trinajstić information content (AvgIpc) is 3.37. The predicted molar refractivity (Wildman–Crippen MR) is 130 cm³/mol. The summed E-state index contributed by atoms with van der Waals surface area (Å²) in [5.41, 5.74) is 4.31. The van der Waals surface area contributed by atoms with E-state index in [1.165, 1.54) is 24.0 Å². The molecule has 4 nitrogen and oxygen atoms in total. The minimum absolute atomic E-state index is 0.129. The maximum atomic E-state index is 13.0. The van der Waals surface area contributed by atoms with E-state index in [0.29, 0.717) is 12.3 Å². The number of nitrogens with zero attached hydrogens (tertiary/aromatic N) is 1. The second-order valence-corrected chi connectivity index (χ2v) is 10.5. The fourth-order valence-corrected chi connectivity index (χ4v) is 4.76. The lowest BCUT2D eigenvalue weighted by Crippen LogP contribution is -2.37. The van der Waals surface area contributed by atoms with Crippen LogP contribution >= 0.6 is 15.9 Å². The van der Waals surface area contributed by atoms with Gasteiger partial charge in [0.15, 0.2) is 5.76 Å². The number of benzene rings is 2. The van der Waals surface area contributed by atoms with Crippen LogP contribution in [0.5, 0.6) is 0 Å². The van der Waals surface area contributed by atoms with Gasteiger partial charge < -0.3 is 9.73 Å². The van der Waals surface area contributed by atoms with Gasteiger partial charge in [0, 0.05) is 22.0 Å². The zero-order valence-corrected chi connectivity index (χ0v) is 20.4. The van der Waals surface area contributed by atoms with Gasteiger partial charge in [0.25, 0.3) is 5.91 Å². The van der Waals surface area contributed by atoms with Crippen molar-refractivity contribution in [3.63, 3.8) is 0 Å². The summed E-state index contributed by atoms with van der Waals surface area (Å²) in [5.74, 6) is 0.247. The number of carbonyl (C=O) groups excluding carboxylic acids is 1. The standard InChI is InChI=1S/C26H31BrN2O2/c1-17-21-15-20(27)11-12-23(21)31-24(17)25(30)28-16-22(29-13-5-6-14-29)18-7-9-19(10-8-18)26(2,3)4/h7-12,15,22H,5-6,13-14,16H2,1-4H3,(H,28,30). The molecule has 1 N–H and O–H groups in total. The Balaban J connectivity index is 1.54. The highest BCUT2D eigenvalue weighted by molar-refractivity contribution is 9.10. The van der Waals surface area contributed by atoms with Crippen LogP contribution in [0.3, 0.4) is 0 Å². The SMILES string of the molecule is Cc1c(C(=O)NCC(c2ccc(C(C)(C)C)cc2)N2CCCC2)oc2ccc(Br)cc12. The minimum atomic E-state index is -0.152. The van der Waals surface area contributed by atoms with Gasteiger partial charge in [-0.1, -0.05) is 61.0 Å². The Bertz CT molecular complexity index is 1070. The quantitative estimate of drug-likeness (QED) is 0.459. The number of amides is 1. The molecule has 0 bridgehead atoms.